The molecule has 3 aliphatic rings. The SMILES string of the molecule is C[NH+](Cc1ccccc1)Cc1cn(C[C@H]2C[C@H]3CC[NH+]2C[C@@H]3C(=O)NCc2ccco2)nn1. The van der Waals surface area contributed by atoms with Gasteiger partial charge in [0.05, 0.1) is 51.6 Å². The Hall–Kier alpha value is -2.97. The quantitative estimate of drug-likeness (QED) is 0.418. The van der Waals surface area contributed by atoms with E-state index in [1.54, 1.807) is 6.26 Å². The summed E-state index contributed by atoms with van der Waals surface area (Å²) < 4.78 is 7.34. The van der Waals surface area contributed by atoms with E-state index < -0.39 is 0 Å². The number of carbonyl (C=O) groups excluding carboxylic acids is 1. The fourth-order valence-corrected chi connectivity index (χ4v) is 5.59. The van der Waals surface area contributed by atoms with Gasteiger partial charge >= 0.3 is 0 Å². The van der Waals surface area contributed by atoms with Crippen molar-refractivity contribution < 1.29 is 19.0 Å². The summed E-state index contributed by atoms with van der Waals surface area (Å²) in [6, 6.07) is 14.8. The summed E-state index contributed by atoms with van der Waals surface area (Å²) in [5.74, 6) is 1.52. The van der Waals surface area contributed by atoms with E-state index in [2.05, 4.69) is 59.2 Å². The van der Waals surface area contributed by atoms with E-state index in [-0.39, 0.29) is 11.8 Å². The lowest BCUT2D eigenvalue weighted by atomic mass is 9.75. The summed E-state index contributed by atoms with van der Waals surface area (Å²) in [6.45, 7) is 5.22. The van der Waals surface area contributed by atoms with E-state index in [4.69, 9.17) is 4.42 Å². The summed E-state index contributed by atoms with van der Waals surface area (Å²) >= 11 is 0. The zero-order valence-corrected chi connectivity index (χ0v) is 19.2. The normalized spacial score (nSPS) is 25.1. The topological polar surface area (TPSA) is 81.8 Å². The van der Waals surface area contributed by atoms with Gasteiger partial charge < -0.3 is 19.5 Å². The van der Waals surface area contributed by atoms with Gasteiger partial charge in [0, 0.05) is 18.4 Å². The minimum absolute atomic E-state index is 0.0986. The second kappa shape index (κ2) is 9.89. The number of hydrogen-bond donors (Lipinski definition) is 3. The van der Waals surface area contributed by atoms with Crippen molar-refractivity contribution in [2.45, 2.75) is 45.1 Å². The van der Waals surface area contributed by atoms with E-state index in [0.29, 0.717) is 18.5 Å². The van der Waals surface area contributed by atoms with Crippen LogP contribution in [-0.2, 0) is 31.0 Å². The maximum atomic E-state index is 12.8. The third-order valence-electron chi connectivity index (χ3n) is 7.23. The number of furan rings is 1. The summed E-state index contributed by atoms with van der Waals surface area (Å²) in [5, 5.41) is 11.9. The molecule has 1 aromatic carbocycles. The molecule has 0 aliphatic carbocycles. The van der Waals surface area contributed by atoms with Gasteiger partial charge in [0.15, 0.2) is 0 Å². The maximum absolute atomic E-state index is 12.8. The fourth-order valence-electron chi connectivity index (χ4n) is 5.59. The second-order valence-corrected chi connectivity index (χ2v) is 9.73. The lowest BCUT2D eigenvalue weighted by Gasteiger charge is -2.46. The number of amides is 1. The molecule has 2 aromatic heterocycles. The molecule has 0 saturated carbocycles. The average Bonchev–Trinajstić information content (AvgIpc) is 3.51. The van der Waals surface area contributed by atoms with Crippen molar-refractivity contribution in [1.29, 1.82) is 0 Å². The molecule has 3 fully saturated rings. The zero-order valence-electron chi connectivity index (χ0n) is 19.2. The van der Waals surface area contributed by atoms with E-state index in [1.165, 1.54) is 15.4 Å². The molecule has 5 atom stereocenters. The van der Waals surface area contributed by atoms with E-state index >= 15 is 0 Å². The number of nitrogens with zero attached hydrogens (tertiary/aromatic N) is 3. The highest BCUT2D eigenvalue weighted by Crippen LogP contribution is 2.27. The molecule has 8 heteroatoms. The Morgan fingerprint density at radius 2 is 2.12 bits per heavy atom. The second-order valence-electron chi connectivity index (χ2n) is 9.73. The minimum atomic E-state index is 0.0986. The van der Waals surface area contributed by atoms with Gasteiger partial charge in [-0.3, -0.25) is 4.79 Å². The molecule has 0 spiro atoms. The van der Waals surface area contributed by atoms with Gasteiger partial charge in [-0.25, -0.2) is 4.68 Å². The molecule has 3 aliphatic heterocycles. The average molecular weight is 451 g/mol. The summed E-state index contributed by atoms with van der Waals surface area (Å²) in [6.07, 6.45) is 5.94. The Morgan fingerprint density at radius 1 is 1.24 bits per heavy atom. The van der Waals surface area contributed by atoms with Crippen LogP contribution in [0.2, 0.25) is 0 Å². The van der Waals surface area contributed by atoms with E-state index in [9.17, 15) is 4.79 Å². The van der Waals surface area contributed by atoms with Gasteiger partial charge in [-0.1, -0.05) is 35.5 Å². The third-order valence-corrected chi connectivity index (χ3v) is 7.23. The number of piperidine rings is 3. The molecule has 3 saturated heterocycles. The van der Waals surface area contributed by atoms with E-state index in [0.717, 1.165) is 57.0 Å². The highest BCUT2D eigenvalue weighted by Gasteiger charge is 2.46. The highest BCUT2D eigenvalue weighted by molar-refractivity contribution is 5.79. The van der Waals surface area contributed by atoms with Crippen LogP contribution in [0.3, 0.4) is 0 Å². The minimum Gasteiger partial charge on any atom is -0.467 e. The first-order chi connectivity index (χ1) is 16.1. The molecular formula is C25H34N6O2+2. The van der Waals surface area contributed by atoms with Crippen LogP contribution in [0.25, 0.3) is 0 Å². The number of aromatic nitrogens is 3. The smallest absolute Gasteiger partial charge is 0.229 e. The molecule has 8 nitrogen and oxygen atoms in total. The number of carbonyl (C=O) groups is 1. The van der Waals surface area contributed by atoms with Crippen LogP contribution in [-0.4, -0.2) is 47.1 Å². The van der Waals surface area contributed by atoms with Crippen LogP contribution < -0.4 is 15.1 Å². The predicted octanol–water partition coefficient (Wildman–Crippen LogP) is -0.304. The first kappa shape index (κ1) is 21.9. The molecule has 3 aromatic rings. The lowest BCUT2D eigenvalue weighted by molar-refractivity contribution is -0.945. The molecule has 33 heavy (non-hydrogen) atoms. The van der Waals surface area contributed by atoms with Crippen LogP contribution in [0.5, 0.6) is 0 Å². The van der Waals surface area contributed by atoms with Crippen molar-refractivity contribution in [3.63, 3.8) is 0 Å². The Kier molecular flexibility index (Phi) is 6.55. The largest absolute Gasteiger partial charge is 0.467 e. The van der Waals surface area contributed by atoms with Crippen molar-refractivity contribution >= 4 is 5.91 Å². The van der Waals surface area contributed by atoms with Crippen molar-refractivity contribution in [2.75, 3.05) is 20.1 Å². The van der Waals surface area contributed by atoms with Crippen molar-refractivity contribution in [2.24, 2.45) is 11.8 Å². The summed E-state index contributed by atoms with van der Waals surface area (Å²) in [5.41, 5.74) is 2.37. The fraction of sp³-hybridized carbons (Fsp3) is 0.480. The summed E-state index contributed by atoms with van der Waals surface area (Å²) in [7, 11) is 2.19. The Balaban J connectivity index is 1.12. The van der Waals surface area contributed by atoms with Crippen LogP contribution >= 0.6 is 0 Å². The lowest BCUT2D eigenvalue weighted by Crippen LogP contribution is -3.20. The molecule has 0 radical (unpaired) electrons. The molecule has 1 amide bonds. The Morgan fingerprint density at radius 3 is 2.88 bits per heavy atom. The van der Waals surface area contributed by atoms with Crippen molar-refractivity contribution in [3.05, 3.63) is 71.9 Å². The third kappa shape index (κ3) is 5.34. The number of nitrogens with one attached hydrogen (secondary N) is 3. The Labute approximate surface area is 194 Å². The predicted molar refractivity (Wildman–Crippen MR) is 122 cm³/mol. The molecular weight excluding hydrogens is 416 g/mol. The zero-order chi connectivity index (χ0) is 22.6. The molecule has 174 valence electrons. The van der Waals surface area contributed by atoms with Gasteiger partial charge in [-0.2, -0.15) is 0 Å². The van der Waals surface area contributed by atoms with Gasteiger partial charge in [-0.15, -0.1) is 5.10 Å². The molecule has 2 unspecified atom stereocenters. The van der Waals surface area contributed by atoms with Crippen LogP contribution in [0.4, 0.5) is 0 Å². The number of rotatable bonds is 9. The van der Waals surface area contributed by atoms with Crippen molar-refractivity contribution in [3.8, 4) is 0 Å². The molecule has 6 rings (SSSR count). The van der Waals surface area contributed by atoms with Crippen LogP contribution in [0.15, 0.2) is 59.3 Å². The molecule has 5 heterocycles. The van der Waals surface area contributed by atoms with Crippen molar-refractivity contribution in [1.82, 2.24) is 20.3 Å². The highest BCUT2D eigenvalue weighted by atomic mass is 16.3. The van der Waals surface area contributed by atoms with Gasteiger partial charge in [-0.05, 0) is 18.1 Å². The van der Waals surface area contributed by atoms with E-state index in [1.807, 2.05) is 16.8 Å². The van der Waals surface area contributed by atoms with Gasteiger partial charge in [0.1, 0.15) is 30.6 Å². The standard InChI is InChI=1S/C25H32N6O2/c1-29(14-19-6-3-2-4-7-19)15-21-16-31(28-27-21)17-22-12-20-9-10-30(22)18-24(20)25(32)26-13-23-8-5-11-33-23/h2-8,11,16,20,22,24H,9-10,12-15,17-18H2,1H3,(H,26,32)/p+2/t20-,22-,24+/m1/s1. The van der Waals surface area contributed by atoms with Crippen LogP contribution in [0.1, 0.15) is 29.9 Å². The summed E-state index contributed by atoms with van der Waals surface area (Å²) in [4.78, 5) is 15.7. The van der Waals surface area contributed by atoms with Gasteiger partial charge in [0.25, 0.3) is 0 Å². The van der Waals surface area contributed by atoms with Gasteiger partial charge in [0.2, 0.25) is 5.91 Å². The molecule has 3 N–H and O–H groups in total. The first-order valence-electron chi connectivity index (χ1n) is 12.0. The maximum Gasteiger partial charge on any atom is 0.229 e. The van der Waals surface area contributed by atoms with Crippen LogP contribution in [0, 0.1) is 11.8 Å². The number of hydrogen-bond acceptors (Lipinski definition) is 4. The monoisotopic (exact) mass is 450 g/mol. The first-order valence-corrected chi connectivity index (χ1v) is 12.0. The number of quaternary nitrogens is 2. The number of fused-ring (bicyclic) bond motifs is 3. The Bertz CT molecular complexity index is 1030. The number of benzene rings is 1. The molecule has 2 bridgehead atoms.